The zero-order chi connectivity index (χ0) is 20.0. The lowest BCUT2D eigenvalue weighted by Gasteiger charge is -2.31. The summed E-state index contributed by atoms with van der Waals surface area (Å²) in [6.07, 6.45) is 2.36. The fourth-order valence-electron chi connectivity index (χ4n) is 3.95. The summed E-state index contributed by atoms with van der Waals surface area (Å²) in [4.78, 5) is 40.8. The zero-order valence-corrected chi connectivity index (χ0v) is 16.5. The summed E-state index contributed by atoms with van der Waals surface area (Å²) in [5, 5.41) is 5.92. The van der Waals surface area contributed by atoms with E-state index in [-0.39, 0.29) is 24.3 Å². The van der Waals surface area contributed by atoms with Crippen molar-refractivity contribution in [2.75, 3.05) is 20.1 Å². The Hall–Kier alpha value is -2.83. The third kappa shape index (κ3) is 3.37. The molecule has 0 saturated heterocycles. The van der Waals surface area contributed by atoms with Crippen LogP contribution in [0, 0.1) is 13.8 Å². The van der Waals surface area contributed by atoms with E-state index in [4.69, 9.17) is 0 Å². The first-order chi connectivity index (χ1) is 13.3. The second-order valence-electron chi connectivity index (χ2n) is 7.98. The molecule has 2 heterocycles. The van der Waals surface area contributed by atoms with E-state index in [9.17, 15) is 14.4 Å². The van der Waals surface area contributed by atoms with Crippen molar-refractivity contribution in [2.24, 2.45) is 0 Å². The van der Waals surface area contributed by atoms with Crippen LogP contribution in [0.3, 0.4) is 0 Å². The molecule has 28 heavy (non-hydrogen) atoms. The Labute approximate surface area is 164 Å². The molecule has 2 N–H and O–H groups in total. The van der Waals surface area contributed by atoms with Gasteiger partial charge in [0.15, 0.2) is 0 Å². The quantitative estimate of drug-likeness (QED) is 0.814. The number of urea groups is 1. The molecule has 4 rings (SSSR count). The second kappa shape index (κ2) is 6.96. The van der Waals surface area contributed by atoms with Gasteiger partial charge in [0.25, 0.3) is 5.91 Å². The normalized spacial score (nSPS) is 21.8. The van der Waals surface area contributed by atoms with Crippen molar-refractivity contribution < 1.29 is 14.4 Å². The van der Waals surface area contributed by atoms with Gasteiger partial charge in [-0.1, -0.05) is 23.8 Å². The topological polar surface area (TPSA) is 81.8 Å². The van der Waals surface area contributed by atoms with Gasteiger partial charge < -0.3 is 15.5 Å². The maximum absolute atomic E-state index is 13.2. The van der Waals surface area contributed by atoms with E-state index in [1.54, 1.807) is 11.9 Å². The van der Waals surface area contributed by atoms with Crippen LogP contribution in [0.4, 0.5) is 4.79 Å². The fourth-order valence-corrected chi connectivity index (χ4v) is 3.95. The Morgan fingerprint density at radius 1 is 1.25 bits per heavy atom. The van der Waals surface area contributed by atoms with Gasteiger partial charge in [-0.3, -0.25) is 14.5 Å². The highest BCUT2D eigenvalue weighted by Gasteiger charge is 2.43. The van der Waals surface area contributed by atoms with Crippen LogP contribution in [-0.4, -0.2) is 53.8 Å². The van der Waals surface area contributed by atoms with Gasteiger partial charge in [0.2, 0.25) is 5.91 Å². The number of rotatable bonds is 5. The molecule has 0 aromatic heterocycles. The van der Waals surface area contributed by atoms with E-state index >= 15 is 0 Å². The highest BCUT2D eigenvalue weighted by Crippen LogP contribution is 2.36. The minimum atomic E-state index is -0.461. The molecule has 1 atom stereocenters. The largest absolute Gasteiger partial charge is 0.353 e. The van der Waals surface area contributed by atoms with Crippen LogP contribution >= 0.6 is 0 Å². The van der Waals surface area contributed by atoms with Crippen LogP contribution in [0.2, 0.25) is 0 Å². The van der Waals surface area contributed by atoms with Crippen molar-refractivity contribution in [1.82, 2.24) is 20.4 Å². The number of benzene rings is 1. The first-order valence-electron chi connectivity index (χ1n) is 9.78. The second-order valence-corrected chi connectivity index (χ2v) is 7.98. The molecule has 7 heteroatoms. The van der Waals surface area contributed by atoms with Crippen LogP contribution in [-0.2, 0) is 9.59 Å². The van der Waals surface area contributed by atoms with E-state index < -0.39 is 6.04 Å². The molecule has 4 amide bonds. The summed E-state index contributed by atoms with van der Waals surface area (Å²) in [7, 11) is 1.68. The molecule has 0 spiro atoms. The lowest BCUT2D eigenvalue weighted by Crippen LogP contribution is -2.45. The van der Waals surface area contributed by atoms with Crippen molar-refractivity contribution >= 4 is 17.8 Å². The lowest BCUT2D eigenvalue weighted by molar-refractivity contribution is -0.127. The predicted molar refractivity (Wildman–Crippen MR) is 104 cm³/mol. The number of carbonyl (C=O) groups excluding carboxylic acids is 3. The van der Waals surface area contributed by atoms with Gasteiger partial charge in [-0.2, -0.15) is 0 Å². The number of carbonyl (C=O) groups is 3. The monoisotopic (exact) mass is 382 g/mol. The maximum atomic E-state index is 13.2. The molecule has 1 fully saturated rings. The van der Waals surface area contributed by atoms with Crippen molar-refractivity contribution in [1.29, 1.82) is 0 Å². The number of aryl methyl sites for hydroxylation is 2. The summed E-state index contributed by atoms with van der Waals surface area (Å²) in [5.41, 5.74) is 4.44. The van der Waals surface area contributed by atoms with Crippen LogP contribution in [0.1, 0.15) is 42.0 Å². The van der Waals surface area contributed by atoms with E-state index in [1.807, 2.05) is 26.0 Å². The minimum absolute atomic E-state index is 0.0198. The van der Waals surface area contributed by atoms with Crippen molar-refractivity contribution in [3.05, 3.63) is 46.2 Å². The number of likely N-dealkylation sites (N-methyl/N-ethyl adjacent to an activating group) is 1. The molecule has 148 valence electrons. The van der Waals surface area contributed by atoms with Crippen LogP contribution in [0.5, 0.6) is 0 Å². The van der Waals surface area contributed by atoms with Crippen LogP contribution in [0.15, 0.2) is 29.5 Å². The molecule has 0 radical (unpaired) electrons. The Kier molecular flexibility index (Phi) is 4.61. The number of nitrogens with zero attached hydrogens (tertiary/aromatic N) is 2. The molecular weight excluding hydrogens is 356 g/mol. The molecule has 0 bridgehead atoms. The van der Waals surface area contributed by atoms with Gasteiger partial charge in [-0.15, -0.1) is 0 Å². The third-order valence-electron chi connectivity index (χ3n) is 5.72. The van der Waals surface area contributed by atoms with E-state index in [0.717, 1.165) is 35.2 Å². The number of hydrogen-bond donors (Lipinski definition) is 2. The van der Waals surface area contributed by atoms with Crippen molar-refractivity contribution in [3.63, 3.8) is 0 Å². The molecule has 3 aliphatic rings. The highest BCUT2D eigenvalue weighted by atomic mass is 16.2. The van der Waals surface area contributed by atoms with E-state index in [1.165, 1.54) is 4.90 Å². The zero-order valence-electron chi connectivity index (χ0n) is 16.5. The molecule has 0 unspecified atom stereocenters. The molecular formula is C21H26N4O3. The lowest BCUT2D eigenvalue weighted by atomic mass is 9.91. The number of nitrogens with one attached hydrogen (secondary N) is 2. The van der Waals surface area contributed by atoms with Crippen LogP contribution < -0.4 is 10.6 Å². The van der Waals surface area contributed by atoms with Gasteiger partial charge in [-0.05, 0) is 37.8 Å². The maximum Gasteiger partial charge on any atom is 0.322 e. The smallest absolute Gasteiger partial charge is 0.322 e. The van der Waals surface area contributed by atoms with Gasteiger partial charge in [0, 0.05) is 26.1 Å². The summed E-state index contributed by atoms with van der Waals surface area (Å²) in [6.45, 7) is 4.72. The van der Waals surface area contributed by atoms with E-state index in [2.05, 4.69) is 16.7 Å². The summed E-state index contributed by atoms with van der Waals surface area (Å²) in [5.74, 6) is -0.125. The average molecular weight is 382 g/mol. The third-order valence-corrected chi connectivity index (χ3v) is 5.72. The molecule has 1 aromatic rings. The van der Waals surface area contributed by atoms with E-state index in [0.29, 0.717) is 24.7 Å². The Morgan fingerprint density at radius 3 is 2.68 bits per heavy atom. The Bertz CT molecular complexity index is 888. The van der Waals surface area contributed by atoms with Crippen molar-refractivity contribution in [3.8, 4) is 0 Å². The predicted octanol–water partition coefficient (Wildman–Crippen LogP) is 1.76. The Balaban J connectivity index is 1.56. The van der Waals surface area contributed by atoms with Gasteiger partial charge in [0.1, 0.15) is 0 Å². The molecule has 2 aliphatic heterocycles. The fraction of sp³-hybridized carbons (Fsp3) is 0.476. The average Bonchev–Trinajstić information content (AvgIpc) is 3.39. The summed E-state index contributed by atoms with van der Waals surface area (Å²) >= 11 is 0. The number of hydrogen-bond acceptors (Lipinski definition) is 3. The van der Waals surface area contributed by atoms with Gasteiger partial charge in [-0.25, -0.2) is 4.79 Å². The van der Waals surface area contributed by atoms with Gasteiger partial charge >= 0.3 is 6.03 Å². The highest BCUT2D eigenvalue weighted by molar-refractivity contribution is 6.01. The molecule has 1 saturated carbocycles. The first-order valence-corrected chi connectivity index (χ1v) is 9.78. The first kappa shape index (κ1) is 18.5. The standard InChI is InChI=1S/C21H26N4O3/c1-12-4-7-15(13(2)10-12)19-18-16(24(3)21(28)23-19)11-25(20(18)27)9-8-17(26)22-14-5-6-14/h4,7,10,14,19H,5-6,8-9,11H2,1-3H3,(H,22,26)(H,23,28)/t19-/m0/s1. The SMILES string of the molecule is Cc1ccc([C@@H]2NC(=O)N(C)C3=C2C(=O)N(CCC(=O)NC2CC2)C3)c(C)c1. The van der Waals surface area contributed by atoms with Gasteiger partial charge in [0.05, 0.1) is 23.9 Å². The Morgan fingerprint density at radius 2 is 2.00 bits per heavy atom. The number of amides is 4. The minimum Gasteiger partial charge on any atom is -0.353 e. The molecule has 7 nitrogen and oxygen atoms in total. The summed E-state index contributed by atoms with van der Waals surface area (Å²) in [6, 6.07) is 5.66. The summed E-state index contributed by atoms with van der Waals surface area (Å²) < 4.78 is 0. The van der Waals surface area contributed by atoms with Crippen LogP contribution in [0.25, 0.3) is 0 Å². The molecule has 1 aromatic carbocycles. The molecule has 1 aliphatic carbocycles. The van der Waals surface area contributed by atoms with Crippen molar-refractivity contribution in [2.45, 2.75) is 45.2 Å².